The predicted molar refractivity (Wildman–Crippen MR) is 171 cm³/mol. The Morgan fingerprint density at radius 1 is 1.06 bits per heavy atom. The van der Waals surface area contributed by atoms with Crippen LogP contribution in [-0.4, -0.2) is 96.8 Å². The second kappa shape index (κ2) is 15.8. The van der Waals surface area contributed by atoms with Crippen molar-refractivity contribution in [2.75, 3.05) is 0 Å². The highest BCUT2D eigenvalue weighted by Gasteiger charge is 2.85. The second-order valence-corrected chi connectivity index (χ2v) is 13.2. The zero-order chi connectivity index (χ0) is 37.8. The lowest BCUT2D eigenvalue weighted by Crippen LogP contribution is -2.78. The Morgan fingerprint density at radius 2 is 1.68 bits per heavy atom. The zero-order valence-electron chi connectivity index (χ0n) is 28.5. The van der Waals surface area contributed by atoms with Gasteiger partial charge in [0, 0.05) is 25.3 Å². The van der Waals surface area contributed by atoms with Crippen molar-refractivity contribution in [1.29, 1.82) is 0 Å². The van der Waals surface area contributed by atoms with Crippen LogP contribution in [0.1, 0.15) is 65.9 Å². The van der Waals surface area contributed by atoms with Crippen LogP contribution in [-0.2, 0) is 49.3 Å². The van der Waals surface area contributed by atoms with E-state index in [2.05, 4.69) is 6.58 Å². The van der Waals surface area contributed by atoms with Gasteiger partial charge in [0.25, 0.3) is 0 Å². The predicted octanol–water partition coefficient (Wildman–Crippen LogP) is 3.02. The number of allylic oxidation sites excluding steroid dienone is 1. The number of ether oxygens (including phenoxy) is 4. The summed E-state index contributed by atoms with van der Waals surface area (Å²) in [6, 6.07) is 5.60. The van der Waals surface area contributed by atoms with Gasteiger partial charge in [-0.1, -0.05) is 58.9 Å². The standard InChI is InChI=1S/C35H45FO14/c1-7-18(2)16-19(3)8-13-25(38)48-28-27(39)33(49-29(30(40)41)34(46,31(42)43)35(28,50-33)32(44)45)15-14-20(4)26(47-22(6)37)21(5)17-23-9-11-24(36)12-10-23/h8-13,18-19,21,26-29,39,46H,4,7,14-17H2,1-3,5-6H3,(H,40,41)(H,42,43)(H,44,45)/t18-,19+,21+,26+,27+,28+,29+,33-,34+,35-/m0/s1. The molecule has 1 aromatic carbocycles. The van der Waals surface area contributed by atoms with E-state index in [1.165, 1.54) is 18.2 Å². The molecule has 1 aromatic rings. The topological polar surface area (TPSA) is 223 Å². The van der Waals surface area contributed by atoms with Crippen LogP contribution in [0.5, 0.6) is 0 Å². The van der Waals surface area contributed by atoms with Crippen molar-refractivity contribution in [3.63, 3.8) is 0 Å². The van der Waals surface area contributed by atoms with E-state index in [4.69, 9.17) is 18.9 Å². The fourth-order valence-electron chi connectivity index (χ4n) is 6.59. The van der Waals surface area contributed by atoms with Crippen LogP contribution in [0, 0.1) is 23.6 Å². The van der Waals surface area contributed by atoms with Crippen molar-refractivity contribution in [2.45, 2.75) is 108 Å². The van der Waals surface area contributed by atoms with Crippen LogP contribution in [0.4, 0.5) is 4.39 Å². The Kier molecular flexibility index (Phi) is 12.7. The molecule has 0 saturated carbocycles. The van der Waals surface area contributed by atoms with E-state index in [0.29, 0.717) is 17.9 Å². The molecule has 2 bridgehead atoms. The lowest BCUT2D eigenvalue weighted by molar-refractivity contribution is -0.374. The van der Waals surface area contributed by atoms with Crippen LogP contribution in [0.15, 0.2) is 48.6 Å². The first kappa shape index (κ1) is 40.3. The molecule has 5 N–H and O–H groups in total. The van der Waals surface area contributed by atoms with E-state index in [0.717, 1.165) is 19.4 Å². The van der Waals surface area contributed by atoms with Crippen LogP contribution in [0.25, 0.3) is 0 Å². The molecule has 50 heavy (non-hydrogen) atoms. The molecule has 2 fully saturated rings. The van der Waals surface area contributed by atoms with Crippen molar-refractivity contribution in [2.24, 2.45) is 17.8 Å². The molecule has 10 atom stereocenters. The van der Waals surface area contributed by atoms with Gasteiger partial charge in [0.2, 0.25) is 23.1 Å². The number of carbonyl (C=O) groups is 5. The molecule has 276 valence electrons. The van der Waals surface area contributed by atoms with E-state index < -0.39 is 89.4 Å². The summed E-state index contributed by atoms with van der Waals surface area (Å²) in [5.41, 5.74) is -6.64. The number of aliphatic carboxylic acids is 3. The molecule has 0 aromatic heterocycles. The van der Waals surface area contributed by atoms with Gasteiger partial charge >= 0.3 is 29.8 Å². The maximum atomic E-state index is 13.5. The van der Waals surface area contributed by atoms with Crippen molar-refractivity contribution >= 4 is 29.8 Å². The summed E-state index contributed by atoms with van der Waals surface area (Å²) < 4.78 is 35.4. The Labute approximate surface area is 288 Å². The Bertz CT molecular complexity index is 1490. The first-order valence-electron chi connectivity index (χ1n) is 16.2. The number of hydrogen-bond acceptors (Lipinski definition) is 11. The largest absolute Gasteiger partial charge is 0.479 e. The maximum absolute atomic E-state index is 13.5. The SMILES string of the molecule is C=C(CC[C@]12O[C@H](C(=O)O)[C@@](O)(C(=O)O)[C@](C(=O)O)(O1)[C@H](OC(=O)C=C[C@@H](C)C[C@@H](C)CC)[C@H]2O)[C@@H](OC(C)=O)[C@H](C)Cc1ccc(F)cc1. The molecule has 0 spiro atoms. The van der Waals surface area contributed by atoms with Crippen LogP contribution < -0.4 is 0 Å². The fourth-order valence-corrected chi connectivity index (χ4v) is 6.59. The highest BCUT2D eigenvalue weighted by Crippen LogP contribution is 2.56. The number of halogens is 1. The number of aliphatic hydroxyl groups excluding tert-OH is 1. The van der Waals surface area contributed by atoms with Crippen molar-refractivity contribution in [1.82, 2.24) is 0 Å². The van der Waals surface area contributed by atoms with Crippen LogP contribution in [0.3, 0.4) is 0 Å². The number of fused-ring (bicyclic) bond motifs is 2. The Hall–Kier alpha value is -4.18. The van der Waals surface area contributed by atoms with Gasteiger partial charge in [-0.05, 0) is 54.4 Å². The molecular formula is C35H45FO14. The first-order chi connectivity index (χ1) is 23.2. The number of hydrogen-bond donors (Lipinski definition) is 5. The van der Waals surface area contributed by atoms with Crippen LogP contribution >= 0.6 is 0 Å². The summed E-state index contributed by atoms with van der Waals surface area (Å²) in [5, 5.41) is 53.5. The van der Waals surface area contributed by atoms with Gasteiger partial charge in [0.05, 0.1) is 0 Å². The lowest BCUT2D eigenvalue weighted by Gasteiger charge is -2.48. The minimum Gasteiger partial charge on any atom is -0.479 e. The summed E-state index contributed by atoms with van der Waals surface area (Å²) in [5.74, 6) is -12.1. The minimum absolute atomic E-state index is 0.140. The van der Waals surface area contributed by atoms with E-state index in [1.807, 2.05) is 20.8 Å². The maximum Gasteiger partial charge on any atom is 0.344 e. The van der Waals surface area contributed by atoms with Gasteiger partial charge in [-0.3, -0.25) is 4.79 Å². The number of benzene rings is 1. The average Bonchev–Trinajstić information content (AvgIpc) is 3.25. The lowest BCUT2D eigenvalue weighted by atomic mass is 9.74. The van der Waals surface area contributed by atoms with Crippen molar-refractivity contribution in [3.8, 4) is 0 Å². The minimum atomic E-state index is -3.93. The summed E-state index contributed by atoms with van der Waals surface area (Å²) in [4.78, 5) is 62.9. The van der Waals surface area contributed by atoms with E-state index in [1.54, 1.807) is 19.1 Å². The van der Waals surface area contributed by atoms with Gasteiger partial charge in [0.1, 0.15) is 18.0 Å². The molecule has 15 heteroatoms. The first-order valence-corrected chi connectivity index (χ1v) is 16.2. The van der Waals surface area contributed by atoms with Gasteiger partial charge in [0.15, 0.2) is 6.10 Å². The van der Waals surface area contributed by atoms with Crippen molar-refractivity contribution < 1.29 is 72.8 Å². The molecule has 2 saturated heterocycles. The quantitative estimate of drug-likeness (QED) is 0.0892. The highest BCUT2D eigenvalue weighted by molar-refractivity contribution is 5.98. The van der Waals surface area contributed by atoms with Gasteiger partial charge in [-0.15, -0.1) is 0 Å². The molecule has 0 radical (unpaired) electrons. The molecule has 0 aliphatic carbocycles. The normalized spacial score (nSPS) is 29.8. The molecule has 0 unspecified atom stereocenters. The number of rotatable bonds is 17. The second-order valence-electron chi connectivity index (χ2n) is 13.2. The Balaban J connectivity index is 2.01. The summed E-state index contributed by atoms with van der Waals surface area (Å²) in [6.07, 6.45) is -5.37. The zero-order valence-corrected chi connectivity index (χ0v) is 28.5. The molecular weight excluding hydrogens is 663 g/mol. The third kappa shape index (κ3) is 7.90. The van der Waals surface area contributed by atoms with E-state index in [-0.39, 0.29) is 24.3 Å². The number of aliphatic hydroxyl groups is 2. The van der Waals surface area contributed by atoms with E-state index in [9.17, 15) is 53.9 Å². The molecule has 2 heterocycles. The number of carbonyl (C=O) groups excluding carboxylic acids is 2. The number of carboxylic acids is 3. The molecule has 2 aliphatic heterocycles. The van der Waals surface area contributed by atoms with Gasteiger partial charge in [-0.25, -0.2) is 23.6 Å². The van der Waals surface area contributed by atoms with Crippen molar-refractivity contribution in [3.05, 3.63) is 60.0 Å². The Morgan fingerprint density at radius 3 is 2.20 bits per heavy atom. The summed E-state index contributed by atoms with van der Waals surface area (Å²) in [7, 11) is 0. The third-order valence-corrected chi connectivity index (χ3v) is 9.36. The third-order valence-electron chi connectivity index (χ3n) is 9.36. The van der Waals surface area contributed by atoms with Gasteiger partial charge < -0.3 is 44.5 Å². The summed E-state index contributed by atoms with van der Waals surface area (Å²) >= 11 is 0. The van der Waals surface area contributed by atoms with Crippen LogP contribution in [0.2, 0.25) is 0 Å². The monoisotopic (exact) mass is 708 g/mol. The molecule has 2 aliphatic rings. The molecule has 0 amide bonds. The fraction of sp³-hybridized carbons (Fsp3) is 0.571. The van der Waals surface area contributed by atoms with Gasteiger partial charge in [-0.2, -0.15) is 0 Å². The average molecular weight is 709 g/mol. The molecule has 3 rings (SSSR count). The number of esters is 2. The highest BCUT2D eigenvalue weighted by atomic mass is 19.1. The smallest absolute Gasteiger partial charge is 0.344 e. The molecule has 14 nitrogen and oxygen atoms in total. The summed E-state index contributed by atoms with van der Waals surface area (Å²) in [6.45, 7) is 12.7. The van der Waals surface area contributed by atoms with E-state index >= 15 is 0 Å². The number of carboxylic acid groups (broad SMARTS) is 3.